The third-order valence-electron chi connectivity index (χ3n) is 1.85. The van der Waals surface area contributed by atoms with Crippen molar-refractivity contribution in [1.82, 2.24) is 0 Å². The molecule has 1 aromatic rings. The quantitative estimate of drug-likeness (QED) is 0.446. The van der Waals surface area contributed by atoms with Crippen LogP contribution >= 0.6 is 0 Å². The number of methoxy groups -OCH3 is 3. The minimum absolute atomic E-state index is 0. The first-order valence-corrected chi connectivity index (χ1v) is 5.11. The Balaban J connectivity index is 0.00000225. The Morgan fingerprint density at radius 3 is 1.94 bits per heavy atom. The number of rotatable bonds is 4. The molecule has 0 amide bonds. The number of ether oxygens (including phenoxy) is 3. The zero-order valence-corrected chi connectivity index (χ0v) is 10.4. The fraction of sp³-hybridized carbons (Fsp3) is 0.333. The summed E-state index contributed by atoms with van der Waals surface area (Å²) in [7, 11) is 4.19. The monoisotopic (exact) mass is 238 g/mol. The fourth-order valence-electron chi connectivity index (χ4n) is 1.20. The largest absolute Gasteiger partial charge is 1.00 e. The Morgan fingerprint density at radius 2 is 1.56 bits per heavy atom. The normalized spacial score (nSPS) is 11.2. The molecule has 16 heavy (non-hydrogen) atoms. The molecular formula is C9H11LiO5S. The molecule has 1 unspecified atom stereocenters. The maximum absolute atomic E-state index is 11.0. The van der Waals surface area contributed by atoms with Crippen LogP contribution in [0.2, 0.25) is 0 Å². The van der Waals surface area contributed by atoms with Crippen molar-refractivity contribution in [2.24, 2.45) is 0 Å². The molecule has 0 radical (unpaired) electrons. The molecule has 0 saturated heterocycles. The molecule has 0 aliphatic heterocycles. The summed E-state index contributed by atoms with van der Waals surface area (Å²) < 4.78 is 36.9. The van der Waals surface area contributed by atoms with Gasteiger partial charge in [-0.15, -0.1) is 0 Å². The second kappa shape index (κ2) is 6.81. The van der Waals surface area contributed by atoms with Crippen molar-refractivity contribution in [3.8, 4) is 17.2 Å². The van der Waals surface area contributed by atoms with Crippen LogP contribution in [0.4, 0.5) is 0 Å². The van der Waals surface area contributed by atoms with E-state index in [1.807, 2.05) is 0 Å². The molecule has 7 heteroatoms. The van der Waals surface area contributed by atoms with Crippen molar-refractivity contribution in [1.29, 1.82) is 0 Å². The van der Waals surface area contributed by atoms with E-state index in [0.29, 0.717) is 5.75 Å². The first-order chi connectivity index (χ1) is 7.15. The van der Waals surface area contributed by atoms with Gasteiger partial charge in [0.1, 0.15) is 10.6 Å². The molecule has 0 aliphatic rings. The summed E-state index contributed by atoms with van der Waals surface area (Å²) in [5, 5.41) is 0. The summed E-state index contributed by atoms with van der Waals surface area (Å²) in [5.74, 6) is 0.712. The Morgan fingerprint density at radius 1 is 1.06 bits per heavy atom. The van der Waals surface area contributed by atoms with Gasteiger partial charge in [-0.05, 0) is 23.2 Å². The van der Waals surface area contributed by atoms with Gasteiger partial charge in [-0.25, -0.2) is 0 Å². The van der Waals surface area contributed by atoms with Crippen molar-refractivity contribution < 1.29 is 41.8 Å². The third kappa shape index (κ3) is 2.92. The number of hydrogen-bond acceptors (Lipinski definition) is 5. The molecule has 0 aromatic heterocycles. The van der Waals surface area contributed by atoms with E-state index in [-0.39, 0.29) is 35.3 Å². The summed E-state index contributed by atoms with van der Waals surface area (Å²) in [4.78, 5) is -0.0423. The maximum atomic E-state index is 11.0. The smallest absolute Gasteiger partial charge is 0.768 e. The van der Waals surface area contributed by atoms with Crippen molar-refractivity contribution in [3.05, 3.63) is 12.1 Å². The first-order valence-electron chi connectivity index (χ1n) is 4.04. The minimum atomic E-state index is -2.44. The van der Waals surface area contributed by atoms with E-state index in [9.17, 15) is 8.76 Å². The van der Waals surface area contributed by atoms with Crippen LogP contribution in [0, 0.1) is 0 Å². The maximum Gasteiger partial charge on any atom is 1.00 e. The van der Waals surface area contributed by atoms with Gasteiger partial charge in [0.2, 0.25) is 0 Å². The first kappa shape index (κ1) is 15.3. The van der Waals surface area contributed by atoms with E-state index >= 15 is 0 Å². The summed E-state index contributed by atoms with van der Waals surface area (Å²) in [6.45, 7) is 0. The molecule has 84 valence electrons. The van der Waals surface area contributed by atoms with Crippen LogP contribution < -0.4 is 33.1 Å². The van der Waals surface area contributed by atoms with E-state index in [4.69, 9.17) is 14.2 Å². The summed E-state index contributed by atoms with van der Waals surface area (Å²) >= 11 is -2.44. The van der Waals surface area contributed by atoms with Gasteiger partial charge in [-0.2, -0.15) is 0 Å². The number of hydrogen-bond donors (Lipinski definition) is 0. The van der Waals surface area contributed by atoms with E-state index in [0.717, 1.165) is 0 Å². The second-order valence-electron chi connectivity index (χ2n) is 2.57. The van der Waals surface area contributed by atoms with Gasteiger partial charge in [0, 0.05) is 0 Å². The molecule has 1 aromatic carbocycles. The van der Waals surface area contributed by atoms with Crippen LogP contribution in [0.3, 0.4) is 0 Å². The van der Waals surface area contributed by atoms with E-state index in [1.54, 1.807) is 6.07 Å². The van der Waals surface area contributed by atoms with Crippen molar-refractivity contribution in [3.63, 3.8) is 0 Å². The van der Waals surface area contributed by atoms with Crippen molar-refractivity contribution in [2.45, 2.75) is 4.90 Å². The molecule has 1 atom stereocenters. The average molecular weight is 238 g/mol. The Hall–Kier alpha value is -0.673. The predicted octanol–water partition coefficient (Wildman–Crippen LogP) is -2.05. The van der Waals surface area contributed by atoms with Crippen LogP contribution in [-0.2, 0) is 11.1 Å². The van der Waals surface area contributed by atoms with Gasteiger partial charge < -0.3 is 18.8 Å². The van der Waals surface area contributed by atoms with Crippen LogP contribution in [0.5, 0.6) is 17.2 Å². The van der Waals surface area contributed by atoms with E-state index in [2.05, 4.69) is 0 Å². The van der Waals surface area contributed by atoms with Gasteiger partial charge in [0.05, 0.1) is 21.3 Å². The molecule has 0 heterocycles. The van der Waals surface area contributed by atoms with Crippen molar-refractivity contribution >= 4 is 11.1 Å². The topological polar surface area (TPSA) is 67.8 Å². The molecule has 5 nitrogen and oxygen atoms in total. The molecule has 0 spiro atoms. The molecule has 0 fully saturated rings. The summed E-state index contributed by atoms with van der Waals surface area (Å²) in [6.07, 6.45) is 0. The van der Waals surface area contributed by atoms with Crippen LogP contribution in [0.1, 0.15) is 0 Å². The zero-order valence-electron chi connectivity index (χ0n) is 9.60. The zero-order chi connectivity index (χ0) is 11.4. The molecule has 1 rings (SSSR count). The van der Waals surface area contributed by atoms with Crippen LogP contribution in [0.25, 0.3) is 0 Å². The third-order valence-corrected chi connectivity index (χ3v) is 2.57. The Bertz CT molecular complexity index is 382. The Kier molecular flexibility index (Phi) is 6.53. The molecule has 0 bridgehead atoms. The molecular weight excluding hydrogens is 227 g/mol. The summed E-state index contributed by atoms with van der Waals surface area (Å²) in [6, 6.07) is 3.08. The van der Waals surface area contributed by atoms with Gasteiger partial charge in [0.15, 0.2) is 11.5 Å². The molecule has 0 aliphatic carbocycles. The minimum Gasteiger partial charge on any atom is -0.768 e. The van der Waals surface area contributed by atoms with Crippen LogP contribution in [-0.4, -0.2) is 30.1 Å². The van der Waals surface area contributed by atoms with Crippen molar-refractivity contribution in [2.75, 3.05) is 21.3 Å². The average Bonchev–Trinajstić information content (AvgIpc) is 2.26. The van der Waals surface area contributed by atoms with Gasteiger partial charge in [0.25, 0.3) is 0 Å². The van der Waals surface area contributed by atoms with Crippen LogP contribution in [0.15, 0.2) is 17.0 Å². The summed E-state index contributed by atoms with van der Waals surface area (Å²) in [5.41, 5.74) is 0. The van der Waals surface area contributed by atoms with Gasteiger partial charge >= 0.3 is 18.9 Å². The fourth-order valence-corrected chi connectivity index (χ4v) is 1.85. The number of benzene rings is 1. The van der Waals surface area contributed by atoms with E-state index in [1.165, 1.54) is 27.4 Å². The standard InChI is InChI=1S/C9H12O5S.Li/c1-12-6-4-5-7(13-2)9(15(10)11)8(6)14-3;/h4-5H,1-3H3,(H,10,11);/q;+1/p-1. The SMILES string of the molecule is COc1ccc(OC)c(S(=O)[O-])c1OC.[Li+]. The second-order valence-corrected chi connectivity index (χ2v) is 3.44. The van der Waals surface area contributed by atoms with E-state index < -0.39 is 11.1 Å². The predicted molar refractivity (Wildman–Crippen MR) is 53.3 cm³/mol. The van der Waals surface area contributed by atoms with Gasteiger partial charge in [-0.3, -0.25) is 4.21 Å². The molecule has 0 N–H and O–H groups in total. The van der Waals surface area contributed by atoms with Gasteiger partial charge in [-0.1, -0.05) is 0 Å². The molecule has 0 saturated carbocycles. The Labute approximate surface area is 109 Å².